The highest BCUT2D eigenvalue weighted by Gasteiger charge is 2.28. The average Bonchev–Trinajstić information content (AvgIpc) is 2.62. The molecule has 0 saturated carbocycles. The molecule has 6 heteroatoms. The van der Waals surface area contributed by atoms with Gasteiger partial charge in [-0.25, -0.2) is 4.98 Å². The lowest BCUT2D eigenvalue weighted by molar-refractivity contribution is -0.0279. The second-order valence-corrected chi connectivity index (χ2v) is 8.11. The molecule has 1 N–H and O–H groups in total. The molecule has 2 aliphatic heterocycles. The number of piperidine rings is 1. The molecule has 3 rings (SSSR count). The number of hydrogen-bond donors (Lipinski definition) is 1. The molecule has 26 heavy (non-hydrogen) atoms. The van der Waals surface area contributed by atoms with Gasteiger partial charge >= 0.3 is 0 Å². The van der Waals surface area contributed by atoms with Gasteiger partial charge in [0.2, 0.25) is 0 Å². The summed E-state index contributed by atoms with van der Waals surface area (Å²) in [6.07, 6.45) is 6.51. The summed E-state index contributed by atoms with van der Waals surface area (Å²) < 4.78 is 5.74. The lowest BCUT2D eigenvalue weighted by Gasteiger charge is -2.38. The lowest BCUT2D eigenvalue weighted by atomic mass is 10.0. The third kappa shape index (κ3) is 4.95. The Balaban J connectivity index is 1.49. The fraction of sp³-hybridized carbons (Fsp3) is 0.700. The number of aromatic nitrogens is 1. The Hall–Kier alpha value is -1.66. The standard InChI is InChI=1S/C20H32N4O2/c1-20(2)15-24(12-13-26-20)18-8-7-16(14-22-18)19(25)21-10-9-17-6-4-5-11-23(17)3/h7-8,14,17H,4-6,9-13,15H2,1-3H3,(H,21,25)/t17-/m1/s1. The van der Waals surface area contributed by atoms with Crippen LogP contribution in [-0.2, 0) is 4.74 Å². The van der Waals surface area contributed by atoms with Gasteiger partial charge in [-0.2, -0.15) is 0 Å². The summed E-state index contributed by atoms with van der Waals surface area (Å²) in [5.74, 6) is 0.867. The van der Waals surface area contributed by atoms with Gasteiger partial charge in [-0.1, -0.05) is 6.42 Å². The number of nitrogens with one attached hydrogen (secondary N) is 1. The minimum absolute atomic E-state index is 0.0372. The second-order valence-electron chi connectivity index (χ2n) is 8.11. The van der Waals surface area contributed by atoms with Crippen LogP contribution in [0.1, 0.15) is 49.9 Å². The Kier molecular flexibility index (Phi) is 6.14. The molecule has 2 saturated heterocycles. The van der Waals surface area contributed by atoms with E-state index in [1.165, 1.54) is 25.8 Å². The number of amides is 1. The Morgan fingerprint density at radius 1 is 1.35 bits per heavy atom. The van der Waals surface area contributed by atoms with E-state index in [1.54, 1.807) is 6.20 Å². The third-order valence-electron chi connectivity index (χ3n) is 5.44. The van der Waals surface area contributed by atoms with Crippen LogP contribution in [0, 0.1) is 0 Å². The quantitative estimate of drug-likeness (QED) is 0.873. The zero-order valence-corrected chi connectivity index (χ0v) is 16.3. The maximum absolute atomic E-state index is 12.4. The van der Waals surface area contributed by atoms with Crippen LogP contribution in [0.2, 0.25) is 0 Å². The van der Waals surface area contributed by atoms with E-state index in [0.717, 1.165) is 25.3 Å². The van der Waals surface area contributed by atoms with Crippen LogP contribution in [0.15, 0.2) is 18.3 Å². The number of carbonyl (C=O) groups excluding carboxylic acids is 1. The zero-order valence-electron chi connectivity index (χ0n) is 16.3. The monoisotopic (exact) mass is 360 g/mol. The third-order valence-corrected chi connectivity index (χ3v) is 5.44. The molecular weight excluding hydrogens is 328 g/mol. The van der Waals surface area contributed by atoms with Gasteiger partial charge in [0.1, 0.15) is 5.82 Å². The van der Waals surface area contributed by atoms with Gasteiger partial charge in [0.25, 0.3) is 5.91 Å². The number of rotatable bonds is 5. The molecule has 0 aromatic carbocycles. The van der Waals surface area contributed by atoms with Crippen molar-refractivity contribution in [2.45, 2.75) is 51.2 Å². The molecule has 0 unspecified atom stereocenters. The van der Waals surface area contributed by atoms with Crippen molar-refractivity contribution < 1.29 is 9.53 Å². The van der Waals surface area contributed by atoms with Crippen LogP contribution in [0.3, 0.4) is 0 Å². The maximum Gasteiger partial charge on any atom is 0.252 e. The molecule has 1 aromatic heterocycles. The van der Waals surface area contributed by atoms with E-state index < -0.39 is 0 Å². The molecule has 1 atom stereocenters. The summed E-state index contributed by atoms with van der Waals surface area (Å²) >= 11 is 0. The topological polar surface area (TPSA) is 57.7 Å². The normalized spacial score (nSPS) is 23.7. The van der Waals surface area contributed by atoms with Crippen LogP contribution < -0.4 is 10.2 Å². The van der Waals surface area contributed by atoms with E-state index in [4.69, 9.17) is 4.74 Å². The predicted molar refractivity (Wildman–Crippen MR) is 104 cm³/mol. The molecule has 2 aliphatic rings. The van der Waals surface area contributed by atoms with Crippen molar-refractivity contribution >= 4 is 11.7 Å². The van der Waals surface area contributed by atoms with E-state index in [0.29, 0.717) is 24.8 Å². The van der Waals surface area contributed by atoms with Crippen molar-refractivity contribution in [1.29, 1.82) is 0 Å². The smallest absolute Gasteiger partial charge is 0.252 e. The first-order valence-electron chi connectivity index (χ1n) is 9.78. The summed E-state index contributed by atoms with van der Waals surface area (Å²) in [7, 11) is 2.18. The lowest BCUT2D eigenvalue weighted by Crippen LogP contribution is -2.48. The number of anilines is 1. The van der Waals surface area contributed by atoms with Gasteiger partial charge in [0.05, 0.1) is 17.8 Å². The SMILES string of the molecule is CN1CCCC[C@@H]1CCNC(=O)c1ccc(N2CCOC(C)(C)C2)nc1. The molecule has 6 nitrogen and oxygen atoms in total. The van der Waals surface area contributed by atoms with Crippen LogP contribution in [0.4, 0.5) is 5.82 Å². The molecule has 0 spiro atoms. The van der Waals surface area contributed by atoms with Crippen LogP contribution in [0.5, 0.6) is 0 Å². The number of nitrogens with zero attached hydrogens (tertiary/aromatic N) is 3. The fourth-order valence-corrected chi connectivity index (χ4v) is 3.88. The highest BCUT2D eigenvalue weighted by atomic mass is 16.5. The number of carbonyl (C=O) groups is 1. The Bertz CT molecular complexity index is 602. The van der Waals surface area contributed by atoms with Gasteiger partial charge < -0.3 is 19.9 Å². The van der Waals surface area contributed by atoms with E-state index in [9.17, 15) is 4.79 Å². The Morgan fingerprint density at radius 2 is 2.19 bits per heavy atom. The van der Waals surface area contributed by atoms with Crippen molar-refractivity contribution in [3.8, 4) is 0 Å². The first-order chi connectivity index (χ1) is 12.4. The van der Waals surface area contributed by atoms with Gasteiger partial charge in [0, 0.05) is 31.9 Å². The van der Waals surface area contributed by atoms with Crippen LogP contribution >= 0.6 is 0 Å². The molecule has 0 aliphatic carbocycles. The van der Waals surface area contributed by atoms with Gasteiger partial charge in [-0.15, -0.1) is 0 Å². The average molecular weight is 361 g/mol. The van der Waals surface area contributed by atoms with Crippen molar-refractivity contribution in [2.75, 3.05) is 44.7 Å². The van der Waals surface area contributed by atoms with E-state index in [1.807, 2.05) is 12.1 Å². The fourth-order valence-electron chi connectivity index (χ4n) is 3.88. The maximum atomic E-state index is 12.4. The molecule has 0 bridgehead atoms. The Morgan fingerprint density at radius 3 is 2.88 bits per heavy atom. The molecule has 3 heterocycles. The van der Waals surface area contributed by atoms with Crippen molar-refractivity contribution in [1.82, 2.24) is 15.2 Å². The largest absolute Gasteiger partial charge is 0.372 e. The summed E-state index contributed by atoms with van der Waals surface area (Å²) in [6, 6.07) is 4.40. The molecule has 1 aromatic rings. The molecule has 0 radical (unpaired) electrons. The number of ether oxygens (including phenoxy) is 1. The number of pyridine rings is 1. The molecule has 144 valence electrons. The number of hydrogen-bond acceptors (Lipinski definition) is 5. The van der Waals surface area contributed by atoms with Gasteiger partial charge in [-0.3, -0.25) is 4.79 Å². The highest BCUT2D eigenvalue weighted by Crippen LogP contribution is 2.21. The molecule has 1 amide bonds. The minimum atomic E-state index is -0.164. The summed E-state index contributed by atoms with van der Waals surface area (Å²) in [6.45, 7) is 8.40. The summed E-state index contributed by atoms with van der Waals surface area (Å²) in [5, 5.41) is 3.04. The number of likely N-dealkylation sites (tertiary alicyclic amines) is 1. The Labute approximate surface area is 156 Å². The first kappa shape index (κ1) is 19.1. The second kappa shape index (κ2) is 8.35. The summed E-state index contributed by atoms with van der Waals surface area (Å²) in [4.78, 5) is 21.5. The molecular formula is C20H32N4O2. The van der Waals surface area contributed by atoms with E-state index in [2.05, 4.69) is 41.0 Å². The zero-order chi connectivity index (χ0) is 18.6. The van der Waals surface area contributed by atoms with E-state index in [-0.39, 0.29) is 11.5 Å². The molecule has 2 fully saturated rings. The minimum Gasteiger partial charge on any atom is -0.372 e. The van der Waals surface area contributed by atoms with Gasteiger partial charge in [0.15, 0.2) is 0 Å². The van der Waals surface area contributed by atoms with Crippen molar-refractivity contribution in [2.24, 2.45) is 0 Å². The van der Waals surface area contributed by atoms with Crippen LogP contribution in [0.25, 0.3) is 0 Å². The van der Waals surface area contributed by atoms with Gasteiger partial charge in [-0.05, 0) is 58.8 Å². The predicted octanol–water partition coefficient (Wildman–Crippen LogP) is 2.30. The number of morpholine rings is 1. The summed E-state index contributed by atoms with van der Waals surface area (Å²) in [5.41, 5.74) is 0.459. The van der Waals surface area contributed by atoms with Crippen molar-refractivity contribution in [3.05, 3.63) is 23.9 Å². The van der Waals surface area contributed by atoms with Crippen molar-refractivity contribution in [3.63, 3.8) is 0 Å². The first-order valence-corrected chi connectivity index (χ1v) is 9.78. The highest BCUT2D eigenvalue weighted by molar-refractivity contribution is 5.94. The van der Waals surface area contributed by atoms with Crippen LogP contribution in [-0.4, -0.2) is 67.3 Å². The van der Waals surface area contributed by atoms with E-state index >= 15 is 0 Å².